The van der Waals surface area contributed by atoms with E-state index in [2.05, 4.69) is 81.0 Å². The molecule has 0 bridgehead atoms. The minimum Gasteiger partial charge on any atom is -0.261 e. The summed E-state index contributed by atoms with van der Waals surface area (Å²) < 4.78 is 0. The molecule has 0 aliphatic rings. The molecule has 1 aromatic carbocycles. The van der Waals surface area contributed by atoms with Gasteiger partial charge in [-0.05, 0) is 28.3 Å². The van der Waals surface area contributed by atoms with E-state index < -0.39 is 13.2 Å². The predicted octanol–water partition coefficient (Wildman–Crippen LogP) is 4.65. The number of hydrogen-bond donors (Lipinski definition) is 0. The summed E-state index contributed by atoms with van der Waals surface area (Å²) in [5.74, 6) is 0. The van der Waals surface area contributed by atoms with E-state index in [-0.39, 0.29) is 5.41 Å². The molecular formula is C23H32N4P2Si. The lowest BCUT2D eigenvalue weighted by Crippen LogP contribution is -2.46. The molecule has 0 radical (unpaired) electrons. The van der Waals surface area contributed by atoms with Crippen LogP contribution in [0, 0.1) is 0 Å². The van der Waals surface area contributed by atoms with Gasteiger partial charge in [-0.1, -0.05) is 57.7 Å². The molecule has 0 N–H and O–H groups in total. The molecule has 0 saturated heterocycles. The monoisotopic (exact) mass is 454 g/mol. The van der Waals surface area contributed by atoms with Crippen molar-refractivity contribution in [3.63, 3.8) is 0 Å². The van der Waals surface area contributed by atoms with Gasteiger partial charge < -0.3 is 0 Å². The summed E-state index contributed by atoms with van der Waals surface area (Å²) in [6.07, 6.45) is 11.5. The lowest BCUT2D eigenvalue weighted by atomic mass is 9.75. The fourth-order valence-corrected chi connectivity index (χ4v) is 6.86. The standard InChI is InChI=1S/C23H32N4P2Si/c1-22(2,3)21-17(30(4,5)6)8-7-16(15-28)20(21)23(29,18-13-24-9-11-26-18)19-14-25-10-12-27-19/h7-14H,15,28-29H2,1-6H3. The SMILES string of the molecule is CC(C)(C)c1c([Si](C)(C)C)ccc(CP)c1C(P)(c1cnccn1)c1cnccn1. The van der Waals surface area contributed by atoms with Gasteiger partial charge in [-0.3, -0.25) is 19.9 Å². The van der Waals surface area contributed by atoms with Crippen LogP contribution in [0.3, 0.4) is 0 Å². The van der Waals surface area contributed by atoms with Gasteiger partial charge >= 0.3 is 0 Å². The summed E-state index contributed by atoms with van der Waals surface area (Å²) in [5, 5.41) is 0.832. The zero-order valence-corrected chi connectivity index (χ0v) is 22.1. The normalized spacial score (nSPS) is 12.8. The van der Waals surface area contributed by atoms with Crippen molar-refractivity contribution in [2.24, 2.45) is 0 Å². The van der Waals surface area contributed by atoms with Crippen LogP contribution < -0.4 is 5.19 Å². The summed E-state index contributed by atoms with van der Waals surface area (Å²) in [7, 11) is 4.36. The highest BCUT2D eigenvalue weighted by atomic mass is 31.0. The van der Waals surface area contributed by atoms with Crippen molar-refractivity contribution in [2.75, 3.05) is 0 Å². The predicted molar refractivity (Wildman–Crippen MR) is 135 cm³/mol. The summed E-state index contributed by atoms with van der Waals surface area (Å²) in [5.41, 5.74) is 5.59. The van der Waals surface area contributed by atoms with Crippen molar-refractivity contribution in [3.8, 4) is 0 Å². The highest BCUT2D eigenvalue weighted by Gasteiger charge is 2.42. The summed E-state index contributed by atoms with van der Waals surface area (Å²) in [4.78, 5) is 18.3. The number of hydrogen-bond acceptors (Lipinski definition) is 4. The Morgan fingerprint density at radius 3 is 1.73 bits per heavy atom. The molecule has 30 heavy (non-hydrogen) atoms. The van der Waals surface area contributed by atoms with Gasteiger partial charge in [0.05, 0.1) is 37.0 Å². The Labute approximate surface area is 186 Å². The van der Waals surface area contributed by atoms with Crippen LogP contribution in [-0.4, -0.2) is 28.0 Å². The molecule has 0 saturated carbocycles. The quantitative estimate of drug-likeness (QED) is 0.416. The van der Waals surface area contributed by atoms with E-state index >= 15 is 0 Å². The van der Waals surface area contributed by atoms with Crippen molar-refractivity contribution in [1.29, 1.82) is 0 Å². The van der Waals surface area contributed by atoms with Crippen molar-refractivity contribution < 1.29 is 0 Å². The van der Waals surface area contributed by atoms with Crippen LogP contribution in [0.25, 0.3) is 0 Å². The first-order valence-electron chi connectivity index (χ1n) is 10.2. The molecule has 3 aromatic rings. The Morgan fingerprint density at radius 1 is 0.833 bits per heavy atom. The van der Waals surface area contributed by atoms with Gasteiger partial charge in [-0.25, -0.2) is 0 Å². The van der Waals surface area contributed by atoms with E-state index in [1.807, 2.05) is 12.4 Å². The molecule has 0 spiro atoms. The average molecular weight is 455 g/mol. The van der Waals surface area contributed by atoms with Gasteiger partial charge in [-0.15, -0.1) is 18.5 Å². The second-order valence-electron chi connectivity index (χ2n) is 9.72. The van der Waals surface area contributed by atoms with E-state index in [1.54, 1.807) is 24.8 Å². The van der Waals surface area contributed by atoms with Crippen molar-refractivity contribution in [2.45, 2.75) is 57.1 Å². The first-order valence-corrected chi connectivity index (χ1v) is 15.1. The molecule has 2 unspecified atom stereocenters. The molecule has 2 aromatic heterocycles. The number of aromatic nitrogens is 4. The van der Waals surface area contributed by atoms with Gasteiger partial charge in [0.25, 0.3) is 0 Å². The lowest BCUT2D eigenvalue weighted by molar-refractivity contribution is 0.577. The summed E-state index contributed by atoms with van der Waals surface area (Å²) in [6.45, 7) is 14.2. The van der Waals surface area contributed by atoms with E-state index in [1.165, 1.54) is 21.9 Å². The molecule has 0 fully saturated rings. The minimum absolute atomic E-state index is 0.0486. The summed E-state index contributed by atoms with van der Waals surface area (Å²) in [6, 6.07) is 4.64. The van der Waals surface area contributed by atoms with Crippen molar-refractivity contribution >= 4 is 31.7 Å². The molecule has 7 heteroatoms. The molecule has 0 aliphatic heterocycles. The lowest BCUT2D eigenvalue weighted by Gasteiger charge is -2.39. The molecule has 0 aliphatic carbocycles. The van der Waals surface area contributed by atoms with Crippen LogP contribution in [0.15, 0.2) is 49.3 Å². The Morgan fingerprint density at radius 2 is 1.37 bits per heavy atom. The number of benzene rings is 1. The number of nitrogens with zero attached hydrogens (tertiary/aromatic N) is 4. The maximum atomic E-state index is 4.75. The first kappa shape index (κ1) is 23.1. The van der Waals surface area contributed by atoms with Crippen LogP contribution in [0.1, 0.15) is 48.8 Å². The molecule has 2 atom stereocenters. The van der Waals surface area contributed by atoms with Crippen LogP contribution in [0.4, 0.5) is 0 Å². The molecule has 4 nitrogen and oxygen atoms in total. The zero-order chi connectivity index (χ0) is 22.2. The maximum absolute atomic E-state index is 4.75. The number of rotatable bonds is 5. The summed E-state index contributed by atoms with van der Waals surface area (Å²) >= 11 is 0. The van der Waals surface area contributed by atoms with Gasteiger partial charge in [-0.2, -0.15) is 0 Å². The largest absolute Gasteiger partial charge is 0.261 e. The van der Waals surface area contributed by atoms with Gasteiger partial charge in [0.1, 0.15) is 0 Å². The van der Waals surface area contributed by atoms with E-state index in [0.717, 1.165) is 17.5 Å². The Kier molecular flexibility index (Phi) is 6.58. The third-order valence-electron chi connectivity index (χ3n) is 5.40. The first-order chi connectivity index (χ1) is 14.0. The highest BCUT2D eigenvalue weighted by Crippen LogP contribution is 2.48. The maximum Gasteiger partial charge on any atom is 0.0969 e. The van der Waals surface area contributed by atoms with Crippen molar-refractivity contribution in [1.82, 2.24) is 19.9 Å². The molecule has 0 amide bonds. The third kappa shape index (κ3) is 4.26. The average Bonchev–Trinajstić information content (AvgIpc) is 2.72. The Bertz CT molecular complexity index is 974. The zero-order valence-electron chi connectivity index (χ0n) is 18.8. The van der Waals surface area contributed by atoms with Crippen molar-refractivity contribution in [3.05, 3.63) is 77.4 Å². The molecule has 3 rings (SSSR count). The molecule has 2 heterocycles. The van der Waals surface area contributed by atoms with Crippen LogP contribution in [0.5, 0.6) is 0 Å². The van der Waals surface area contributed by atoms with Gasteiger partial charge in [0, 0.05) is 24.8 Å². The second-order valence-corrected chi connectivity index (χ2v) is 16.0. The highest BCUT2D eigenvalue weighted by molar-refractivity contribution is 7.19. The Hall–Kier alpha value is -1.54. The molecule has 158 valence electrons. The van der Waals surface area contributed by atoms with Gasteiger partial charge in [0.2, 0.25) is 0 Å². The van der Waals surface area contributed by atoms with E-state index in [9.17, 15) is 0 Å². The van der Waals surface area contributed by atoms with E-state index in [0.29, 0.717) is 0 Å². The smallest absolute Gasteiger partial charge is 0.0969 e. The topological polar surface area (TPSA) is 51.6 Å². The second kappa shape index (κ2) is 8.53. The third-order valence-corrected chi connectivity index (χ3v) is 8.75. The van der Waals surface area contributed by atoms with Crippen LogP contribution in [-0.2, 0) is 16.7 Å². The minimum atomic E-state index is -1.62. The fraction of sp³-hybridized carbons (Fsp3) is 0.391. The Balaban J connectivity index is 2.54. The van der Waals surface area contributed by atoms with Crippen LogP contribution >= 0.6 is 18.5 Å². The van der Waals surface area contributed by atoms with Gasteiger partial charge in [0.15, 0.2) is 0 Å². The van der Waals surface area contributed by atoms with Crippen LogP contribution in [0.2, 0.25) is 19.6 Å². The van der Waals surface area contributed by atoms with E-state index in [4.69, 9.17) is 9.97 Å². The fourth-order valence-electron chi connectivity index (χ4n) is 4.06. The molecular weight excluding hydrogens is 422 g/mol.